The Labute approximate surface area is 246 Å². The Morgan fingerprint density at radius 2 is 0.881 bits per heavy atom. The van der Waals surface area contributed by atoms with Gasteiger partial charge in [-0.1, -0.05) is 164 Å². The van der Waals surface area contributed by atoms with Crippen LogP contribution in [0.25, 0.3) is 11.1 Å². The highest BCUT2D eigenvalue weighted by Crippen LogP contribution is 2.53. The Morgan fingerprint density at radius 1 is 0.476 bits per heavy atom. The van der Waals surface area contributed by atoms with Gasteiger partial charge >= 0.3 is 0 Å². The molecule has 0 saturated heterocycles. The van der Waals surface area contributed by atoms with Gasteiger partial charge < -0.3 is 5.73 Å². The fourth-order valence-electron chi connectivity index (χ4n) is 6.50. The molecule has 1 atom stereocenters. The molecule has 202 valence electrons. The van der Waals surface area contributed by atoms with Crippen molar-refractivity contribution >= 4 is 11.6 Å². The lowest BCUT2D eigenvalue weighted by molar-refractivity contribution is -0.122. The molecule has 0 aromatic heterocycles. The van der Waals surface area contributed by atoms with E-state index in [0.29, 0.717) is 0 Å². The Kier molecular flexibility index (Phi) is 6.30. The highest BCUT2D eigenvalue weighted by Gasteiger charge is 2.57. The second-order valence-corrected chi connectivity index (χ2v) is 10.7. The molecule has 6 aromatic carbocycles. The van der Waals surface area contributed by atoms with Gasteiger partial charge in [0.1, 0.15) is 11.1 Å². The van der Waals surface area contributed by atoms with E-state index in [2.05, 4.69) is 60.7 Å². The van der Waals surface area contributed by atoms with Crippen molar-refractivity contribution in [3.63, 3.8) is 0 Å². The topological polar surface area (TPSA) is 46.3 Å². The van der Waals surface area contributed by atoms with E-state index in [1.54, 1.807) is 0 Å². The van der Waals surface area contributed by atoms with Gasteiger partial charge in [0.05, 0.1) is 5.69 Å². The Morgan fingerprint density at radius 3 is 1.38 bits per heavy atom. The third kappa shape index (κ3) is 3.82. The maximum absolute atomic E-state index is 15.2. The largest absolute Gasteiger partial charge is 0.310 e. The molecule has 2 N–H and O–H groups in total. The molecule has 0 bridgehead atoms. The van der Waals surface area contributed by atoms with Crippen molar-refractivity contribution in [3.8, 4) is 11.1 Å². The van der Waals surface area contributed by atoms with Crippen LogP contribution in [0.2, 0.25) is 0 Å². The van der Waals surface area contributed by atoms with Gasteiger partial charge in [-0.05, 0) is 39.4 Å². The number of nitrogens with two attached hydrogens (primary N) is 1. The van der Waals surface area contributed by atoms with Crippen LogP contribution in [0.1, 0.15) is 27.8 Å². The van der Waals surface area contributed by atoms with Crippen LogP contribution in [-0.2, 0) is 15.9 Å². The van der Waals surface area contributed by atoms with Crippen LogP contribution in [0, 0.1) is 0 Å². The molecule has 3 heteroatoms. The zero-order valence-corrected chi connectivity index (χ0v) is 23.1. The molecular weight excluding hydrogens is 512 g/mol. The summed E-state index contributed by atoms with van der Waals surface area (Å²) in [6, 6.07) is 57.0. The van der Waals surface area contributed by atoms with Gasteiger partial charge in [0.2, 0.25) is 0 Å². The number of amides is 1. The van der Waals surface area contributed by atoms with Gasteiger partial charge in [-0.3, -0.25) is 9.69 Å². The molecule has 0 aliphatic carbocycles. The zero-order chi connectivity index (χ0) is 28.6. The van der Waals surface area contributed by atoms with Crippen molar-refractivity contribution in [1.82, 2.24) is 0 Å². The Balaban J connectivity index is 1.49. The number of carbonyl (C=O) groups is 1. The van der Waals surface area contributed by atoms with Gasteiger partial charge in [0, 0.05) is 5.56 Å². The molecule has 3 nitrogen and oxygen atoms in total. The average Bonchev–Trinajstić information content (AvgIpc) is 3.31. The summed E-state index contributed by atoms with van der Waals surface area (Å²) in [7, 11) is 0. The number of fused-ring (bicyclic) bond motifs is 1. The van der Waals surface area contributed by atoms with E-state index in [1.807, 2.05) is 114 Å². The predicted molar refractivity (Wildman–Crippen MR) is 170 cm³/mol. The van der Waals surface area contributed by atoms with Gasteiger partial charge in [0.25, 0.3) is 5.91 Å². The van der Waals surface area contributed by atoms with Crippen molar-refractivity contribution in [3.05, 3.63) is 198 Å². The zero-order valence-electron chi connectivity index (χ0n) is 23.1. The van der Waals surface area contributed by atoms with Crippen LogP contribution < -0.4 is 10.6 Å². The van der Waals surface area contributed by atoms with E-state index in [0.717, 1.165) is 44.6 Å². The van der Waals surface area contributed by atoms with Crippen molar-refractivity contribution in [1.29, 1.82) is 0 Å². The van der Waals surface area contributed by atoms with E-state index in [1.165, 1.54) is 0 Å². The molecule has 7 rings (SSSR count). The minimum Gasteiger partial charge on any atom is -0.310 e. The van der Waals surface area contributed by atoms with Crippen molar-refractivity contribution < 1.29 is 4.79 Å². The van der Waals surface area contributed by atoms with E-state index in [-0.39, 0.29) is 5.91 Å². The Bertz CT molecular complexity index is 1740. The standard InChI is InChI=1S/C39H30N2O/c40-38(31-27-25-30(26-28-31)29-15-5-1-6-16-29)35-23-13-14-24-36(35)41(37(38)42)39(32-17-7-2-8-18-32,33-19-9-3-10-20-33)34-21-11-4-12-22-34/h1-28H,40H2. The molecule has 42 heavy (non-hydrogen) atoms. The minimum atomic E-state index is -1.38. The summed E-state index contributed by atoms with van der Waals surface area (Å²) in [4.78, 5) is 17.1. The summed E-state index contributed by atoms with van der Waals surface area (Å²) in [6.45, 7) is 0. The van der Waals surface area contributed by atoms with Crippen LogP contribution in [0.5, 0.6) is 0 Å². The molecule has 1 amide bonds. The Hall–Kier alpha value is -5.25. The first kappa shape index (κ1) is 25.7. The van der Waals surface area contributed by atoms with Crippen LogP contribution >= 0.6 is 0 Å². The molecule has 1 aliphatic heterocycles. The second kappa shape index (κ2) is 10.3. The van der Waals surface area contributed by atoms with Crippen molar-refractivity contribution in [2.24, 2.45) is 5.73 Å². The second-order valence-electron chi connectivity index (χ2n) is 10.7. The smallest absolute Gasteiger partial charge is 0.257 e. The van der Waals surface area contributed by atoms with E-state index >= 15 is 4.79 Å². The number of anilines is 1. The molecule has 0 saturated carbocycles. The monoisotopic (exact) mass is 542 g/mol. The van der Waals surface area contributed by atoms with E-state index < -0.39 is 11.1 Å². The normalized spacial score (nSPS) is 16.3. The summed E-state index contributed by atoms with van der Waals surface area (Å²) >= 11 is 0. The molecule has 1 unspecified atom stereocenters. The lowest BCUT2D eigenvalue weighted by Crippen LogP contribution is -2.56. The minimum absolute atomic E-state index is 0.173. The third-order valence-corrected chi connectivity index (χ3v) is 8.47. The van der Waals surface area contributed by atoms with Crippen LogP contribution in [-0.4, -0.2) is 5.91 Å². The molecule has 1 aliphatic rings. The number of nitrogens with zero attached hydrogens (tertiary/aromatic N) is 1. The first-order valence-corrected chi connectivity index (χ1v) is 14.2. The molecule has 6 aromatic rings. The van der Waals surface area contributed by atoms with Crippen LogP contribution in [0.3, 0.4) is 0 Å². The maximum atomic E-state index is 15.2. The average molecular weight is 543 g/mol. The number of hydrogen-bond acceptors (Lipinski definition) is 2. The highest BCUT2D eigenvalue weighted by molar-refractivity contribution is 6.12. The van der Waals surface area contributed by atoms with Gasteiger partial charge in [0.15, 0.2) is 0 Å². The molecule has 0 spiro atoms. The predicted octanol–water partition coefficient (Wildman–Crippen LogP) is 7.89. The fraction of sp³-hybridized carbons (Fsp3) is 0.0513. The molecular formula is C39H30N2O. The molecule has 0 fully saturated rings. The van der Waals surface area contributed by atoms with E-state index in [9.17, 15) is 0 Å². The number of hydrogen-bond donors (Lipinski definition) is 1. The number of benzene rings is 6. The van der Waals surface area contributed by atoms with E-state index in [4.69, 9.17) is 5.73 Å². The quantitative estimate of drug-likeness (QED) is 0.218. The first-order valence-electron chi connectivity index (χ1n) is 14.2. The number of para-hydroxylation sites is 1. The summed E-state index contributed by atoms with van der Waals surface area (Å²) in [5.74, 6) is -0.173. The summed E-state index contributed by atoms with van der Waals surface area (Å²) < 4.78 is 0. The summed E-state index contributed by atoms with van der Waals surface area (Å²) in [5.41, 5.74) is 12.5. The number of rotatable bonds is 6. The lowest BCUT2D eigenvalue weighted by atomic mass is 9.75. The summed E-state index contributed by atoms with van der Waals surface area (Å²) in [6.07, 6.45) is 0. The number of carbonyl (C=O) groups excluding carboxylic acids is 1. The van der Waals surface area contributed by atoms with Crippen LogP contribution in [0.4, 0.5) is 5.69 Å². The summed E-state index contributed by atoms with van der Waals surface area (Å²) in [5, 5.41) is 0. The lowest BCUT2D eigenvalue weighted by Gasteiger charge is -2.44. The first-order chi connectivity index (χ1) is 20.6. The van der Waals surface area contributed by atoms with Gasteiger partial charge in [-0.15, -0.1) is 0 Å². The van der Waals surface area contributed by atoms with Crippen LogP contribution in [0.15, 0.2) is 170 Å². The molecule has 0 radical (unpaired) electrons. The highest BCUT2D eigenvalue weighted by atomic mass is 16.2. The van der Waals surface area contributed by atoms with Gasteiger partial charge in [-0.25, -0.2) is 0 Å². The SMILES string of the molecule is NC1(c2ccc(-c3ccccc3)cc2)C(=O)N(C(c2ccccc2)(c2ccccc2)c2ccccc2)c2ccccc21. The van der Waals surface area contributed by atoms with Crippen molar-refractivity contribution in [2.45, 2.75) is 11.1 Å². The maximum Gasteiger partial charge on any atom is 0.257 e. The van der Waals surface area contributed by atoms with Gasteiger partial charge in [-0.2, -0.15) is 0 Å². The third-order valence-electron chi connectivity index (χ3n) is 8.47. The molecule has 1 heterocycles. The van der Waals surface area contributed by atoms with Crippen molar-refractivity contribution in [2.75, 3.05) is 4.90 Å². The fourth-order valence-corrected chi connectivity index (χ4v) is 6.50.